The fourth-order valence-electron chi connectivity index (χ4n) is 3.64. The number of hydrogen-bond acceptors (Lipinski definition) is 5. The van der Waals surface area contributed by atoms with Crippen molar-refractivity contribution >= 4 is 23.2 Å². The number of benzene rings is 1. The van der Waals surface area contributed by atoms with Crippen molar-refractivity contribution in [2.45, 2.75) is 46.5 Å². The van der Waals surface area contributed by atoms with E-state index < -0.39 is 0 Å². The molecule has 0 saturated carbocycles. The summed E-state index contributed by atoms with van der Waals surface area (Å²) < 4.78 is 7.33. The van der Waals surface area contributed by atoms with Crippen LogP contribution in [0, 0.1) is 20.8 Å². The second-order valence-corrected chi connectivity index (χ2v) is 7.16. The number of hydrogen-bond donors (Lipinski definition) is 1. The standard InChI is InChI=1S/C21H22N4O3/c1-12-10-19-22-13(2)17(14(3)25(19)24-12)6-9-21(27)28-16-5-7-18-15(11-16)4-8-20(26)23-18/h5,7,10-11H,4,6,8-9H2,1-3H3,(H,23,26). The van der Waals surface area contributed by atoms with E-state index in [4.69, 9.17) is 4.74 Å². The average Bonchev–Trinajstić information content (AvgIpc) is 3.02. The number of esters is 1. The lowest BCUT2D eigenvalue weighted by Crippen LogP contribution is -2.19. The highest BCUT2D eigenvalue weighted by Crippen LogP contribution is 2.27. The summed E-state index contributed by atoms with van der Waals surface area (Å²) in [6, 6.07) is 7.25. The molecule has 144 valence electrons. The molecule has 0 saturated heterocycles. The van der Waals surface area contributed by atoms with Crippen LogP contribution < -0.4 is 10.1 Å². The number of aryl methyl sites for hydroxylation is 4. The minimum Gasteiger partial charge on any atom is -0.427 e. The topological polar surface area (TPSA) is 85.6 Å². The summed E-state index contributed by atoms with van der Waals surface area (Å²) in [5, 5.41) is 7.28. The second kappa shape index (κ2) is 7.07. The van der Waals surface area contributed by atoms with Gasteiger partial charge in [-0.05, 0) is 62.9 Å². The van der Waals surface area contributed by atoms with E-state index in [0.29, 0.717) is 25.0 Å². The van der Waals surface area contributed by atoms with Gasteiger partial charge in [-0.25, -0.2) is 9.50 Å². The third-order valence-electron chi connectivity index (χ3n) is 5.07. The molecule has 0 bridgehead atoms. The van der Waals surface area contributed by atoms with E-state index in [0.717, 1.165) is 39.5 Å². The van der Waals surface area contributed by atoms with Crippen molar-refractivity contribution in [1.29, 1.82) is 0 Å². The molecular formula is C21H22N4O3. The highest BCUT2D eigenvalue weighted by molar-refractivity contribution is 5.94. The van der Waals surface area contributed by atoms with Gasteiger partial charge in [0.2, 0.25) is 5.91 Å². The van der Waals surface area contributed by atoms with Crippen LogP contribution in [0.5, 0.6) is 5.75 Å². The Morgan fingerprint density at radius 1 is 1.21 bits per heavy atom. The molecule has 4 rings (SSSR count). The fourth-order valence-corrected chi connectivity index (χ4v) is 3.64. The van der Waals surface area contributed by atoms with E-state index in [2.05, 4.69) is 15.4 Å². The number of fused-ring (bicyclic) bond motifs is 2. The van der Waals surface area contributed by atoms with Crippen LogP contribution in [0.3, 0.4) is 0 Å². The number of nitrogens with one attached hydrogen (secondary N) is 1. The molecule has 1 aromatic carbocycles. The van der Waals surface area contributed by atoms with E-state index in [-0.39, 0.29) is 18.3 Å². The highest BCUT2D eigenvalue weighted by Gasteiger charge is 2.17. The summed E-state index contributed by atoms with van der Waals surface area (Å²) in [6.07, 6.45) is 1.90. The molecule has 0 aliphatic carbocycles. The average molecular weight is 378 g/mol. The van der Waals surface area contributed by atoms with Crippen molar-refractivity contribution in [3.63, 3.8) is 0 Å². The van der Waals surface area contributed by atoms with Crippen LogP contribution in [0.15, 0.2) is 24.3 Å². The smallest absolute Gasteiger partial charge is 0.311 e. The van der Waals surface area contributed by atoms with Gasteiger partial charge in [0, 0.05) is 29.6 Å². The van der Waals surface area contributed by atoms with Gasteiger partial charge in [-0.15, -0.1) is 0 Å². The first-order valence-corrected chi connectivity index (χ1v) is 9.36. The van der Waals surface area contributed by atoms with E-state index in [1.54, 1.807) is 12.1 Å². The zero-order valence-corrected chi connectivity index (χ0v) is 16.2. The Morgan fingerprint density at radius 3 is 2.86 bits per heavy atom. The molecule has 3 heterocycles. The van der Waals surface area contributed by atoms with Crippen LogP contribution >= 0.6 is 0 Å². The van der Waals surface area contributed by atoms with Gasteiger partial charge in [0.25, 0.3) is 0 Å². The van der Waals surface area contributed by atoms with Gasteiger partial charge in [-0.2, -0.15) is 5.10 Å². The van der Waals surface area contributed by atoms with Gasteiger partial charge in [0.1, 0.15) is 5.75 Å². The Labute approximate surface area is 162 Å². The van der Waals surface area contributed by atoms with Crippen molar-refractivity contribution in [2.75, 3.05) is 5.32 Å². The Morgan fingerprint density at radius 2 is 2.04 bits per heavy atom. The molecule has 1 aliphatic heterocycles. The first-order valence-electron chi connectivity index (χ1n) is 9.36. The number of amides is 1. The Balaban J connectivity index is 1.45. The summed E-state index contributed by atoms with van der Waals surface area (Å²) in [6.45, 7) is 5.88. The molecule has 0 radical (unpaired) electrons. The van der Waals surface area contributed by atoms with Crippen molar-refractivity contribution in [2.24, 2.45) is 0 Å². The minimum atomic E-state index is -0.296. The van der Waals surface area contributed by atoms with Gasteiger partial charge < -0.3 is 10.1 Å². The van der Waals surface area contributed by atoms with Crippen LogP contribution in [0.1, 0.15) is 41.1 Å². The lowest BCUT2D eigenvalue weighted by Gasteiger charge is -2.17. The molecule has 0 atom stereocenters. The summed E-state index contributed by atoms with van der Waals surface area (Å²) >= 11 is 0. The largest absolute Gasteiger partial charge is 0.427 e. The summed E-state index contributed by atoms with van der Waals surface area (Å²) in [5.41, 5.74) is 6.42. The third kappa shape index (κ3) is 3.47. The molecule has 0 spiro atoms. The van der Waals surface area contributed by atoms with Crippen LogP contribution in [0.2, 0.25) is 0 Å². The molecule has 7 heteroatoms. The predicted molar refractivity (Wildman–Crippen MR) is 105 cm³/mol. The maximum atomic E-state index is 12.4. The van der Waals surface area contributed by atoms with Gasteiger partial charge in [0.15, 0.2) is 5.65 Å². The molecule has 3 aromatic rings. The Bertz CT molecular complexity index is 1100. The number of carbonyl (C=O) groups is 2. The number of anilines is 1. The number of aromatic nitrogens is 3. The van der Waals surface area contributed by atoms with E-state index in [9.17, 15) is 9.59 Å². The first-order chi connectivity index (χ1) is 13.4. The quantitative estimate of drug-likeness (QED) is 0.557. The second-order valence-electron chi connectivity index (χ2n) is 7.16. The summed E-state index contributed by atoms with van der Waals surface area (Å²) in [4.78, 5) is 28.4. The first kappa shape index (κ1) is 18.2. The molecule has 1 amide bonds. The van der Waals surface area contributed by atoms with Crippen molar-refractivity contribution in [3.8, 4) is 5.75 Å². The zero-order chi connectivity index (χ0) is 19.8. The lowest BCUT2D eigenvalue weighted by molar-refractivity contribution is -0.134. The molecule has 7 nitrogen and oxygen atoms in total. The molecular weight excluding hydrogens is 356 g/mol. The number of rotatable bonds is 4. The van der Waals surface area contributed by atoms with Gasteiger partial charge in [-0.3, -0.25) is 9.59 Å². The molecule has 2 aromatic heterocycles. The van der Waals surface area contributed by atoms with Gasteiger partial charge >= 0.3 is 5.97 Å². The van der Waals surface area contributed by atoms with Crippen molar-refractivity contribution < 1.29 is 14.3 Å². The minimum absolute atomic E-state index is 0.0148. The fraction of sp³-hybridized carbons (Fsp3) is 0.333. The van der Waals surface area contributed by atoms with Crippen LogP contribution in [-0.4, -0.2) is 26.5 Å². The summed E-state index contributed by atoms with van der Waals surface area (Å²) in [5.74, 6) is 0.223. The summed E-state index contributed by atoms with van der Waals surface area (Å²) in [7, 11) is 0. The lowest BCUT2D eigenvalue weighted by atomic mass is 10.0. The number of ether oxygens (including phenoxy) is 1. The van der Waals surface area contributed by atoms with E-state index in [1.165, 1.54) is 0 Å². The monoisotopic (exact) mass is 378 g/mol. The molecule has 1 N–H and O–H groups in total. The normalized spacial score (nSPS) is 13.3. The molecule has 0 unspecified atom stereocenters. The van der Waals surface area contributed by atoms with E-state index >= 15 is 0 Å². The van der Waals surface area contributed by atoms with Crippen LogP contribution in [0.4, 0.5) is 5.69 Å². The van der Waals surface area contributed by atoms with E-state index in [1.807, 2.05) is 37.4 Å². The maximum absolute atomic E-state index is 12.4. The Kier molecular flexibility index (Phi) is 4.58. The molecule has 0 fully saturated rings. The number of carbonyl (C=O) groups excluding carboxylic acids is 2. The number of nitrogens with zero attached hydrogens (tertiary/aromatic N) is 3. The van der Waals surface area contributed by atoms with Crippen molar-refractivity contribution in [1.82, 2.24) is 14.6 Å². The predicted octanol–water partition coefficient (Wildman–Crippen LogP) is 3.08. The van der Waals surface area contributed by atoms with Gasteiger partial charge in [0.05, 0.1) is 12.1 Å². The SMILES string of the molecule is Cc1cc2nc(C)c(CCC(=O)Oc3ccc4c(c3)CCC(=O)N4)c(C)n2n1. The molecule has 28 heavy (non-hydrogen) atoms. The van der Waals surface area contributed by atoms with Gasteiger partial charge in [-0.1, -0.05) is 0 Å². The Hall–Kier alpha value is -3.22. The van der Waals surface area contributed by atoms with Crippen LogP contribution in [-0.2, 0) is 22.4 Å². The maximum Gasteiger partial charge on any atom is 0.311 e. The highest BCUT2D eigenvalue weighted by atomic mass is 16.5. The van der Waals surface area contributed by atoms with Crippen molar-refractivity contribution in [3.05, 3.63) is 52.5 Å². The molecule has 1 aliphatic rings. The van der Waals surface area contributed by atoms with Crippen LogP contribution in [0.25, 0.3) is 5.65 Å². The third-order valence-corrected chi connectivity index (χ3v) is 5.07. The zero-order valence-electron chi connectivity index (χ0n) is 16.2.